The third-order valence-electron chi connectivity index (χ3n) is 4.09. The molecule has 0 aliphatic carbocycles. The van der Waals surface area contributed by atoms with Crippen molar-refractivity contribution in [3.63, 3.8) is 0 Å². The average molecular weight is 355 g/mol. The van der Waals surface area contributed by atoms with Gasteiger partial charge in [-0.15, -0.1) is 0 Å². The van der Waals surface area contributed by atoms with Crippen molar-refractivity contribution < 1.29 is 23.8 Å². The molecule has 1 aliphatic heterocycles. The summed E-state index contributed by atoms with van der Waals surface area (Å²) in [4.78, 5) is 23.9. The van der Waals surface area contributed by atoms with Crippen LogP contribution in [0.1, 0.15) is 21.5 Å². The first kappa shape index (κ1) is 17.8. The van der Waals surface area contributed by atoms with Crippen LogP contribution >= 0.6 is 0 Å². The van der Waals surface area contributed by atoms with Crippen molar-refractivity contribution >= 4 is 11.9 Å². The number of esters is 1. The molecule has 0 atom stereocenters. The van der Waals surface area contributed by atoms with Crippen LogP contribution in [-0.2, 0) is 16.0 Å². The summed E-state index contributed by atoms with van der Waals surface area (Å²) in [6, 6.07) is 12.8. The molecule has 0 unspecified atom stereocenters. The molecule has 2 aromatic rings. The standard InChI is InChI=1S/C20H21NO5/c1-14-4-2-3-5-15(14)8-9-21-19(22)13-26-20(23)16-6-7-17-18(12-16)25-11-10-24-17/h2-7,12H,8-11,13H2,1H3,(H,21,22). The number of hydrogen-bond acceptors (Lipinski definition) is 5. The summed E-state index contributed by atoms with van der Waals surface area (Å²) in [5.41, 5.74) is 2.69. The first-order valence-corrected chi connectivity index (χ1v) is 8.51. The number of amides is 1. The van der Waals surface area contributed by atoms with Gasteiger partial charge in [-0.2, -0.15) is 0 Å². The van der Waals surface area contributed by atoms with Gasteiger partial charge < -0.3 is 19.5 Å². The zero-order valence-electron chi connectivity index (χ0n) is 14.6. The van der Waals surface area contributed by atoms with Gasteiger partial charge in [0.1, 0.15) is 13.2 Å². The molecule has 136 valence electrons. The summed E-state index contributed by atoms with van der Waals surface area (Å²) >= 11 is 0. The molecule has 0 aromatic heterocycles. The molecule has 3 rings (SSSR count). The highest BCUT2D eigenvalue weighted by Gasteiger charge is 2.16. The van der Waals surface area contributed by atoms with Gasteiger partial charge in [0.15, 0.2) is 18.1 Å². The second-order valence-corrected chi connectivity index (χ2v) is 5.96. The van der Waals surface area contributed by atoms with Gasteiger partial charge in [-0.05, 0) is 42.7 Å². The third kappa shape index (κ3) is 4.53. The molecule has 6 heteroatoms. The first-order chi connectivity index (χ1) is 12.6. The molecule has 2 aromatic carbocycles. The van der Waals surface area contributed by atoms with E-state index in [1.807, 2.05) is 31.2 Å². The van der Waals surface area contributed by atoms with E-state index >= 15 is 0 Å². The van der Waals surface area contributed by atoms with Crippen LogP contribution in [0, 0.1) is 6.92 Å². The minimum atomic E-state index is -0.573. The molecule has 0 fully saturated rings. The topological polar surface area (TPSA) is 73.9 Å². The Labute approximate surface area is 152 Å². The van der Waals surface area contributed by atoms with Crippen LogP contribution in [-0.4, -0.2) is 38.2 Å². The molecule has 1 N–H and O–H groups in total. The molecular formula is C20H21NO5. The van der Waals surface area contributed by atoms with Crippen molar-refractivity contribution in [2.24, 2.45) is 0 Å². The van der Waals surface area contributed by atoms with Crippen LogP contribution in [0.4, 0.5) is 0 Å². The number of aryl methyl sites for hydroxylation is 1. The first-order valence-electron chi connectivity index (χ1n) is 8.51. The zero-order valence-corrected chi connectivity index (χ0v) is 14.6. The van der Waals surface area contributed by atoms with Crippen LogP contribution in [0.5, 0.6) is 11.5 Å². The highest BCUT2D eigenvalue weighted by atomic mass is 16.6. The Bertz CT molecular complexity index is 803. The lowest BCUT2D eigenvalue weighted by molar-refractivity contribution is -0.124. The van der Waals surface area contributed by atoms with Crippen LogP contribution in [0.25, 0.3) is 0 Å². The number of fused-ring (bicyclic) bond motifs is 1. The molecule has 0 radical (unpaired) electrons. The minimum absolute atomic E-state index is 0.318. The summed E-state index contributed by atoms with van der Waals surface area (Å²) in [7, 11) is 0. The normalized spacial score (nSPS) is 12.3. The number of ether oxygens (including phenoxy) is 3. The molecule has 0 spiro atoms. The number of rotatable bonds is 6. The molecule has 26 heavy (non-hydrogen) atoms. The zero-order chi connectivity index (χ0) is 18.4. The second-order valence-electron chi connectivity index (χ2n) is 5.96. The van der Waals surface area contributed by atoms with E-state index in [9.17, 15) is 9.59 Å². The van der Waals surface area contributed by atoms with Crippen molar-refractivity contribution in [1.29, 1.82) is 0 Å². The number of carbonyl (C=O) groups is 2. The summed E-state index contributed by atoms with van der Waals surface area (Å²) in [5.74, 6) is 0.204. The average Bonchev–Trinajstić information content (AvgIpc) is 2.67. The van der Waals surface area contributed by atoms with Gasteiger partial charge in [-0.25, -0.2) is 4.79 Å². The lowest BCUT2D eigenvalue weighted by Crippen LogP contribution is -2.30. The van der Waals surface area contributed by atoms with Crippen molar-refractivity contribution in [2.45, 2.75) is 13.3 Å². The van der Waals surface area contributed by atoms with E-state index in [4.69, 9.17) is 14.2 Å². The fourth-order valence-corrected chi connectivity index (χ4v) is 2.66. The van der Waals surface area contributed by atoms with Gasteiger partial charge in [0, 0.05) is 6.54 Å². The molecule has 0 bridgehead atoms. The molecule has 0 saturated heterocycles. The highest BCUT2D eigenvalue weighted by molar-refractivity contribution is 5.92. The van der Waals surface area contributed by atoms with E-state index in [0.29, 0.717) is 36.8 Å². The number of benzene rings is 2. The van der Waals surface area contributed by atoms with Gasteiger partial charge in [-0.3, -0.25) is 4.79 Å². The smallest absolute Gasteiger partial charge is 0.338 e. The minimum Gasteiger partial charge on any atom is -0.486 e. The van der Waals surface area contributed by atoms with E-state index in [0.717, 1.165) is 6.42 Å². The van der Waals surface area contributed by atoms with E-state index in [1.54, 1.807) is 18.2 Å². The van der Waals surface area contributed by atoms with Crippen molar-refractivity contribution in [3.05, 3.63) is 59.2 Å². The van der Waals surface area contributed by atoms with Crippen molar-refractivity contribution in [1.82, 2.24) is 5.32 Å². The van der Waals surface area contributed by atoms with Gasteiger partial charge in [0.05, 0.1) is 5.56 Å². The quantitative estimate of drug-likeness (QED) is 0.805. The Morgan fingerprint density at radius 2 is 1.85 bits per heavy atom. The predicted molar refractivity (Wildman–Crippen MR) is 95.6 cm³/mol. The van der Waals surface area contributed by atoms with Crippen LogP contribution < -0.4 is 14.8 Å². The largest absolute Gasteiger partial charge is 0.486 e. The lowest BCUT2D eigenvalue weighted by Gasteiger charge is -2.18. The number of carbonyl (C=O) groups excluding carboxylic acids is 2. The van der Waals surface area contributed by atoms with Crippen molar-refractivity contribution in [3.8, 4) is 11.5 Å². The van der Waals surface area contributed by atoms with E-state index < -0.39 is 5.97 Å². The molecule has 6 nitrogen and oxygen atoms in total. The molecule has 0 saturated carbocycles. The molecular weight excluding hydrogens is 334 g/mol. The Morgan fingerprint density at radius 3 is 2.65 bits per heavy atom. The Morgan fingerprint density at radius 1 is 1.08 bits per heavy atom. The van der Waals surface area contributed by atoms with Crippen LogP contribution in [0.2, 0.25) is 0 Å². The molecule has 1 aliphatic rings. The maximum Gasteiger partial charge on any atom is 0.338 e. The van der Waals surface area contributed by atoms with Gasteiger partial charge in [-0.1, -0.05) is 24.3 Å². The fraction of sp³-hybridized carbons (Fsp3) is 0.300. The maximum atomic E-state index is 12.1. The Hall–Kier alpha value is -3.02. The SMILES string of the molecule is Cc1ccccc1CCNC(=O)COC(=O)c1ccc2c(c1)OCCO2. The van der Waals surface area contributed by atoms with Crippen molar-refractivity contribution in [2.75, 3.05) is 26.4 Å². The summed E-state index contributed by atoms with van der Waals surface area (Å²) in [6.07, 6.45) is 0.731. The Balaban J connectivity index is 1.44. The van der Waals surface area contributed by atoms with Gasteiger partial charge in [0.2, 0.25) is 0 Å². The van der Waals surface area contributed by atoms with Gasteiger partial charge >= 0.3 is 5.97 Å². The third-order valence-corrected chi connectivity index (χ3v) is 4.09. The Kier molecular flexibility index (Phi) is 5.73. The second kappa shape index (κ2) is 8.38. The van der Waals surface area contributed by atoms with Crippen LogP contribution in [0.15, 0.2) is 42.5 Å². The predicted octanol–water partition coefficient (Wildman–Crippen LogP) is 2.28. The lowest BCUT2D eigenvalue weighted by atomic mass is 10.1. The van der Waals surface area contributed by atoms with E-state index in [2.05, 4.69) is 5.32 Å². The monoisotopic (exact) mass is 355 g/mol. The summed E-state index contributed by atoms with van der Waals surface area (Å²) < 4.78 is 15.9. The molecule has 1 heterocycles. The van der Waals surface area contributed by atoms with Crippen LogP contribution in [0.3, 0.4) is 0 Å². The maximum absolute atomic E-state index is 12.1. The number of nitrogens with one attached hydrogen (secondary N) is 1. The summed E-state index contributed by atoms with van der Waals surface area (Å²) in [6.45, 7) is 3.13. The fourth-order valence-electron chi connectivity index (χ4n) is 2.66. The number of hydrogen-bond donors (Lipinski definition) is 1. The van der Waals surface area contributed by atoms with Gasteiger partial charge in [0.25, 0.3) is 5.91 Å². The highest BCUT2D eigenvalue weighted by Crippen LogP contribution is 2.30. The summed E-state index contributed by atoms with van der Waals surface area (Å²) in [5, 5.41) is 2.75. The van der Waals surface area contributed by atoms with E-state index in [1.165, 1.54) is 11.1 Å². The molecule has 1 amide bonds. The van der Waals surface area contributed by atoms with E-state index in [-0.39, 0.29) is 12.5 Å².